The van der Waals surface area contributed by atoms with Gasteiger partial charge in [0.1, 0.15) is 0 Å². The van der Waals surface area contributed by atoms with E-state index in [-0.39, 0.29) is 10.9 Å². The Kier molecular flexibility index (Phi) is 3.34. The molecule has 0 spiro atoms. The van der Waals surface area contributed by atoms with E-state index >= 15 is 0 Å². The number of hydrogen-bond donors (Lipinski definition) is 0. The molecule has 84 valence electrons. The van der Waals surface area contributed by atoms with Gasteiger partial charge in [0.25, 0.3) is 0 Å². The zero-order valence-corrected chi connectivity index (χ0v) is 9.50. The number of hydrogen-bond acceptors (Lipinski definition) is 0. The molecule has 0 heterocycles. The molecule has 0 nitrogen and oxygen atoms in total. The van der Waals surface area contributed by atoms with Crippen LogP contribution in [0.15, 0.2) is 12.1 Å². The van der Waals surface area contributed by atoms with Crippen LogP contribution in [0.2, 0.25) is 5.02 Å². The summed E-state index contributed by atoms with van der Waals surface area (Å²) in [4.78, 5) is 0. The second-order valence-electron chi connectivity index (χ2n) is 3.81. The first-order valence-corrected chi connectivity index (χ1v) is 4.99. The van der Waals surface area contributed by atoms with E-state index in [1.165, 1.54) is 6.07 Å². The Balaban J connectivity index is 3.42. The summed E-state index contributed by atoms with van der Waals surface area (Å²) in [5.41, 5.74) is 0.618. The largest absolute Gasteiger partial charge is 0.417 e. The lowest BCUT2D eigenvalue weighted by Gasteiger charge is -2.17. The molecule has 0 saturated carbocycles. The molecular weight excluding hydrogens is 225 g/mol. The third-order valence-electron chi connectivity index (χ3n) is 2.28. The van der Waals surface area contributed by atoms with Gasteiger partial charge in [-0.2, -0.15) is 13.2 Å². The van der Waals surface area contributed by atoms with Crippen molar-refractivity contribution in [3.05, 3.63) is 33.8 Å². The van der Waals surface area contributed by atoms with Crippen molar-refractivity contribution in [3.8, 4) is 0 Å². The second kappa shape index (κ2) is 4.05. The number of benzene rings is 1. The van der Waals surface area contributed by atoms with E-state index in [9.17, 15) is 13.2 Å². The molecule has 4 heteroatoms. The van der Waals surface area contributed by atoms with E-state index in [2.05, 4.69) is 0 Å². The van der Waals surface area contributed by atoms with Crippen molar-refractivity contribution in [3.63, 3.8) is 0 Å². The lowest BCUT2D eigenvalue weighted by Crippen LogP contribution is -2.08. The summed E-state index contributed by atoms with van der Waals surface area (Å²) in [6, 6.07) is 2.49. The Labute approximate surface area is 92.1 Å². The second-order valence-corrected chi connectivity index (χ2v) is 4.19. The fourth-order valence-electron chi connectivity index (χ4n) is 1.62. The van der Waals surface area contributed by atoms with Gasteiger partial charge >= 0.3 is 6.18 Å². The third kappa shape index (κ3) is 2.46. The van der Waals surface area contributed by atoms with Gasteiger partial charge in [-0.1, -0.05) is 31.5 Å². The van der Waals surface area contributed by atoms with E-state index in [0.717, 1.165) is 11.6 Å². The summed E-state index contributed by atoms with van der Waals surface area (Å²) in [5.74, 6) is -0.0141. The molecule has 0 fully saturated rings. The summed E-state index contributed by atoms with van der Waals surface area (Å²) in [5, 5.41) is -0.169. The van der Waals surface area contributed by atoms with Crippen LogP contribution in [0.1, 0.15) is 36.5 Å². The maximum atomic E-state index is 12.5. The molecule has 0 atom stereocenters. The van der Waals surface area contributed by atoms with Crippen LogP contribution in [0.4, 0.5) is 13.2 Å². The van der Waals surface area contributed by atoms with Gasteiger partial charge in [0.05, 0.1) is 10.6 Å². The minimum Gasteiger partial charge on any atom is -0.166 e. The van der Waals surface area contributed by atoms with Gasteiger partial charge in [-0.3, -0.25) is 0 Å². The number of aryl methyl sites for hydroxylation is 1. The van der Waals surface area contributed by atoms with Crippen molar-refractivity contribution in [2.75, 3.05) is 0 Å². The highest BCUT2D eigenvalue weighted by Gasteiger charge is 2.34. The summed E-state index contributed by atoms with van der Waals surface area (Å²) in [6.07, 6.45) is -4.38. The molecule has 0 amide bonds. The lowest BCUT2D eigenvalue weighted by atomic mass is 9.95. The summed E-state index contributed by atoms with van der Waals surface area (Å²) in [7, 11) is 0. The van der Waals surface area contributed by atoms with Crippen molar-refractivity contribution in [2.45, 2.75) is 32.9 Å². The first-order valence-electron chi connectivity index (χ1n) is 4.61. The lowest BCUT2D eigenvalue weighted by molar-refractivity contribution is -0.137. The zero-order chi connectivity index (χ0) is 11.8. The summed E-state index contributed by atoms with van der Waals surface area (Å²) in [6.45, 7) is 5.42. The predicted molar refractivity (Wildman–Crippen MR) is 55.3 cm³/mol. The minimum atomic E-state index is -4.38. The standard InChI is InChI=1S/C11H12ClF3/c1-6(2)9-7(3)4-5-8(10(9)12)11(13,14)15/h4-6H,1-3H3. The van der Waals surface area contributed by atoms with Crippen molar-refractivity contribution in [2.24, 2.45) is 0 Å². The van der Waals surface area contributed by atoms with E-state index in [0.29, 0.717) is 5.56 Å². The van der Waals surface area contributed by atoms with E-state index in [1.54, 1.807) is 6.92 Å². The molecule has 0 aliphatic rings. The summed E-state index contributed by atoms with van der Waals surface area (Å²) >= 11 is 5.77. The first-order chi connectivity index (χ1) is 6.75. The highest BCUT2D eigenvalue weighted by molar-refractivity contribution is 6.32. The monoisotopic (exact) mass is 236 g/mol. The Hall–Kier alpha value is -0.700. The van der Waals surface area contributed by atoms with Crippen molar-refractivity contribution < 1.29 is 13.2 Å². The fraction of sp³-hybridized carbons (Fsp3) is 0.455. The van der Waals surface area contributed by atoms with Crippen LogP contribution in [-0.4, -0.2) is 0 Å². The number of alkyl halides is 3. The van der Waals surface area contributed by atoms with Gasteiger partial charge in [0.2, 0.25) is 0 Å². The highest BCUT2D eigenvalue weighted by Crippen LogP contribution is 2.39. The van der Waals surface area contributed by atoms with Gasteiger partial charge in [-0.25, -0.2) is 0 Å². The molecule has 0 bridgehead atoms. The molecule has 1 aromatic carbocycles. The van der Waals surface area contributed by atoms with Gasteiger partial charge < -0.3 is 0 Å². The molecule has 0 aliphatic heterocycles. The van der Waals surface area contributed by atoms with Gasteiger partial charge in [-0.05, 0) is 30.0 Å². The SMILES string of the molecule is Cc1ccc(C(F)(F)F)c(Cl)c1C(C)C. The molecule has 0 aliphatic carbocycles. The smallest absolute Gasteiger partial charge is 0.166 e. The Morgan fingerprint density at radius 2 is 1.73 bits per heavy atom. The average molecular weight is 237 g/mol. The quantitative estimate of drug-likeness (QED) is 0.658. The third-order valence-corrected chi connectivity index (χ3v) is 2.69. The van der Waals surface area contributed by atoms with Crippen LogP contribution >= 0.6 is 11.6 Å². The molecule has 0 saturated heterocycles. The topological polar surface area (TPSA) is 0 Å². The van der Waals surface area contributed by atoms with Crippen LogP contribution in [0.3, 0.4) is 0 Å². The number of halogens is 4. The Morgan fingerprint density at radius 3 is 2.13 bits per heavy atom. The summed E-state index contributed by atoms with van der Waals surface area (Å²) < 4.78 is 37.6. The first kappa shape index (κ1) is 12.4. The van der Waals surface area contributed by atoms with Crippen LogP contribution in [0, 0.1) is 6.92 Å². The molecule has 1 rings (SSSR count). The zero-order valence-electron chi connectivity index (χ0n) is 8.74. The van der Waals surface area contributed by atoms with Crippen molar-refractivity contribution in [1.82, 2.24) is 0 Å². The average Bonchev–Trinajstić information content (AvgIpc) is 2.00. The molecule has 15 heavy (non-hydrogen) atoms. The number of rotatable bonds is 1. The minimum absolute atomic E-state index is 0.0141. The van der Waals surface area contributed by atoms with Crippen LogP contribution in [0.5, 0.6) is 0 Å². The van der Waals surface area contributed by atoms with Crippen LogP contribution < -0.4 is 0 Å². The van der Waals surface area contributed by atoms with E-state index in [1.807, 2.05) is 13.8 Å². The fourth-order valence-corrected chi connectivity index (χ4v) is 2.15. The molecule has 1 aromatic rings. The Bertz CT molecular complexity index is 367. The van der Waals surface area contributed by atoms with Gasteiger partial charge in [0, 0.05) is 0 Å². The maximum absolute atomic E-state index is 12.5. The van der Waals surface area contributed by atoms with Crippen molar-refractivity contribution in [1.29, 1.82) is 0 Å². The Morgan fingerprint density at radius 1 is 1.20 bits per heavy atom. The maximum Gasteiger partial charge on any atom is 0.417 e. The molecule has 0 unspecified atom stereocenters. The molecule has 0 radical (unpaired) electrons. The molecule has 0 N–H and O–H groups in total. The predicted octanol–water partition coefficient (Wildman–Crippen LogP) is 4.79. The van der Waals surface area contributed by atoms with Crippen LogP contribution in [-0.2, 0) is 6.18 Å². The van der Waals surface area contributed by atoms with Crippen molar-refractivity contribution >= 4 is 11.6 Å². The normalized spacial score (nSPS) is 12.3. The van der Waals surface area contributed by atoms with E-state index in [4.69, 9.17) is 11.6 Å². The molecular formula is C11H12ClF3. The van der Waals surface area contributed by atoms with Gasteiger partial charge in [-0.15, -0.1) is 0 Å². The highest BCUT2D eigenvalue weighted by atomic mass is 35.5. The molecule has 0 aromatic heterocycles. The van der Waals surface area contributed by atoms with E-state index < -0.39 is 11.7 Å². The van der Waals surface area contributed by atoms with Crippen LogP contribution in [0.25, 0.3) is 0 Å². The van der Waals surface area contributed by atoms with Gasteiger partial charge in [0.15, 0.2) is 0 Å².